The zero-order chi connectivity index (χ0) is 28.3. The van der Waals surface area contributed by atoms with Gasteiger partial charge < -0.3 is 4.74 Å². The monoisotopic (exact) mass is 550 g/mol. The fraction of sp³-hybridized carbons (Fsp3) is 0.0417. The van der Waals surface area contributed by atoms with Crippen molar-refractivity contribution >= 4 is 51.8 Å². The molecular weight excluding hydrogens is 536 g/mol. The lowest BCUT2D eigenvalue weighted by Gasteiger charge is -2.11. The van der Waals surface area contributed by atoms with Crippen molar-refractivity contribution in [3.05, 3.63) is 113 Å². The number of ether oxygens (including phenoxy) is 1. The Labute approximate surface area is 221 Å². The number of amides is 2. The van der Waals surface area contributed by atoms with Crippen molar-refractivity contribution in [1.82, 2.24) is 4.90 Å². The van der Waals surface area contributed by atoms with Crippen LogP contribution in [-0.4, -0.2) is 43.1 Å². The zero-order valence-electron chi connectivity index (χ0n) is 19.4. The standard InChI is InChI=1S/C24H14N4O10S/c29-20(15-3-5-16(6-4-15)26(32)33)13-25-23(30)22(39-24(25)31)11-14-1-8-18(9-2-14)38-21-10-7-17(27(34)35)12-19(21)28(36)37/h1-12H,13H2/b22-11+. The highest BCUT2D eigenvalue weighted by molar-refractivity contribution is 8.18. The molecular formula is C24H14N4O10S. The van der Waals surface area contributed by atoms with E-state index >= 15 is 0 Å². The van der Waals surface area contributed by atoms with E-state index in [9.17, 15) is 44.7 Å². The number of imide groups is 1. The number of carbonyl (C=O) groups excluding carboxylic acids is 3. The Morgan fingerprint density at radius 1 is 0.846 bits per heavy atom. The van der Waals surface area contributed by atoms with Crippen LogP contribution in [0.1, 0.15) is 15.9 Å². The first kappa shape index (κ1) is 26.6. The summed E-state index contributed by atoms with van der Waals surface area (Å²) >= 11 is 0.632. The van der Waals surface area contributed by atoms with Crippen LogP contribution in [0.25, 0.3) is 6.08 Å². The summed E-state index contributed by atoms with van der Waals surface area (Å²) in [7, 11) is 0. The van der Waals surface area contributed by atoms with Gasteiger partial charge in [0.2, 0.25) is 5.75 Å². The maximum Gasteiger partial charge on any atom is 0.318 e. The number of benzene rings is 3. The predicted molar refractivity (Wildman–Crippen MR) is 136 cm³/mol. The third-order valence-corrected chi connectivity index (χ3v) is 6.24. The molecule has 196 valence electrons. The van der Waals surface area contributed by atoms with Gasteiger partial charge in [-0.3, -0.25) is 49.6 Å². The summed E-state index contributed by atoms with van der Waals surface area (Å²) in [6.45, 7) is -0.541. The van der Waals surface area contributed by atoms with E-state index in [-0.39, 0.29) is 27.7 Å². The summed E-state index contributed by atoms with van der Waals surface area (Å²) in [5.41, 5.74) is -0.679. The quantitative estimate of drug-likeness (QED) is 0.148. The number of rotatable bonds is 9. The predicted octanol–water partition coefficient (Wildman–Crippen LogP) is 5.12. The molecule has 1 fully saturated rings. The van der Waals surface area contributed by atoms with Crippen molar-refractivity contribution in [2.24, 2.45) is 0 Å². The first-order valence-corrected chi connectivity index (χ1v) is 11.6. The molecule has 0 bridgehead atoms. The number of Topliss-reactive ketones (excluding diaryl/α,β-unsaturated/α-hetero) is 1. The number of nitro benzene ring substituents is 3. The van der Waals surface area contributed by atoms with Gasteiger partial charge in [0.25, 0.3) is 22.5 Å². The molecule has 1 aliphatic heterocycles. The Morgan fingerprint density at radius 3 is 2.05 bits per heavy atom. The number of thioether (sulfide) groups is 1. The van der Waals surface area contributed by atoms with Gasteiger partial charge in [-0.2, -0.15) is 0 Å². The summed E-state index contributed by atoms with van der Waals surface area (Å²) in [5.74, 6) is -1.31. The van der Waals surface area contributed by atoms with Crippen molar-refractivity contribution in [1.29, 1.82) is 0 Å². The summed E-state index contributed by atoms with van der Waals surface area (Å²) in [6, 6.07) is 13.7. The first-order chi connectivity index (χ1) is 18.5. The van der Waals surface area contributed by atoms with Gasteiger partial charge in [0.05, 0.1) is 32.3 Å². The van der Waals surface area contributed by atoms with E-state index in [1.165, 1.54) is 42.5 Å². The maximum atomic E-state index is 12.8. The minimum Gasteiger partial charge on any atom is -0.450 e. The first-order valence-electron chi connectivity index (χ1n) is 10.8. The second-order valence-electron chi connectivity index (χ2n) is 7.83. The highest BCUT2D eigenvalue weighted by Gasteiger charge is 2.36. The van der Waals surface area contributed by atoms with Crippen molar-refractivity contribution in [3.8, 4) is 11.5 Å². The molecule has 0 N–H and O–H groups in total. The van der Waals surface area contributed by atoms with E-state index < -0.39 is 49.6 Å². The third kappa shape index (κ3) is 5.94. The molecule has 1 aliphatic rings. The van der Waals surface area contributed by atoms with Crippen LogP contribution in [0.15, 0.2) is 71.6 Å². The Balaban J connectivity index is 1.45. The third-order valence-electron chi connectivity index (χ3n) is 5.33. The van der Waals surface area contributed by atoms with E-state index in [2.05, 4.69) is 0 Å². The molecule has 0 aliphatic carbocycles. The van der Waals surface area contributed by atoms with Crippen LogP contribution in [0.4, 0.5) is 21.9 Å². The summed E-state index contributed by atoms with van der Waals surface area (Å²) in [6.07, 6.45) is 1.42. The van der Waals surface area contributed by atoms with Crippen LogP contribution >= 0.6 is 11.8 Å². The lowest BCUT2D eigenvalue weighted by atomic mass is 10.1. The molecule has 14 nitrogen and oxygen atoms in total. The topological polar surface area (TPSA) is 193 Å². The van der Waals surface area contributed by atoms with E-state index in [1.54, 1.807) is 0 Å². The molecule has 15 heteroatoms. The van der Waals surface area contributed by atoms with Gasteiger partial charge in [-0.05, 0) is 53.7 Å². The number of hydrogen-bond donors (Lipinski definition) is 0. The van der Waals surface area contributed by atoms with Gasteiger partial charge in [0, 0.05) is 23.8 Å². The Hall–Kier alpha value is -5.44. The summed E-state index contributed by atoms with van der Waals surface area (Å²) in [5, 5.41) is 32.3. The van der Waals surface area contributed by atoms with E-state index in [0.29, 0.717) is 17.3 Å². The maximum absolute atomic E-state index is 12.8. The Bertz CT molecular complexity index is 1570. The number of ketones is 1. The minimum atomic E-state index is -0.806. The fourth-order valence-corrected chi connectivity index (χ4v) is 4.24. The molecule has 0 aromatic heterocycles. The van der Waals surface area contributed by atoms with E-state index in [1.807, 2.05) is 0 Å². The van der Waals surface area contributed by atoms with Crippen LogP contribution in [-0.2, 0) is 4.79 Å². The van der Waals surface area contributed by atoms with E-state index in [4.69, 9.17) is 4.74 Å². The molecule has 0 atom stereocenters. The van der Waals surface area contributed by atoms with Crippen LogP contribution in [0.3, 0.4) is 0 Å². The molecule has 0 radical (unpaired) electrons. The van der Waals surface area contributed by atoms with Crippen LogP contribution in [0.5, 0.6) is 11.5 Å². The van der Waals surface area contributed by atoms with Gasteiger partial charge in [-0.25, -0.2) is 0 Å². The fourth-order valence-electron chi connectivity index (χ4n) is 3.40. The largest absolute Gasteiger partial charge is 0.450 e. The molecule has 4 rings (SSSR count). The van der Waals surface area contributed by atoms with Gasteiger partial charge in [0.1, 0.15) is 5.75 Å². The number of carbonyl (C=O) groups is 3. The average molecular weight is 550 g/mol. The van der Waals surface area contributed by atoms with Crippen molar-refractivity contribution < 1.29 is 33.9 Å². The van der Waals surface area contributed by atoms with Crippen LogP contribution < -0.4 is 4.74 Å². The smallest absolute Gasteiger partial charge is 0.318 e. The number of nitro groups is 3. The number of non-ortho nitro benzene ring substituents is 2. The molecule has 3 aromatic rings. The van der Waals surface area contributed by atoms with Gasteiger partial charge in [-0.15, -0.1) is 0 Å². The zero-order valence-corrected chi connectivity index (χ0v) is 20.2. The van der Waals surface area contributed by atoms with Crippen molar-refractivity contribution in [2.45, 2.75) is 0 Å². The Kier molecular flexibility index (Phi) is 7.44. The summed E-state index contributed by atoms with van der Waals surface area (Å²) < 4.78 is 5.50. The van der Waals surface area contributed by atoms with Crippen LogP contribution in [0.2, 0.25) is 0 Å². The molecule has 2 amide bonds. The van der Waals surface area contributed by atoms with Crippen molar-refractivity contribution in [2.75, 3.05) is 6.54 Å². The SMILES string of the molecule is O=C(CN1C(=O)S/C(=C/c2ccc(Oc3ccc([N+](=O)[O-])cc3[N+](=O)[O-])cc2)C1=O)c1ccc([N+](=O)[O-])cc1. The van der Waals surface area contributed by atoms with Gasteiger partial charge in [-0.1, -0.05) is 12.1 Å². The van der Waals surface area contributed by atoms with Crippen molar-refractivity contribution in [3.63, 3.8) is 0 Å². The highest BCUT2D eigenvalue weighted by Crippen LogP contribution is 2.35. The second kappa shape index (κ2) is 10.9. The highest BCUT2D eigenvalue weighted by atomic mass is 32.2. The normalized spacial score (nSPS) is 13.9. The minimum absolute atomic E-state index is 0.0520. The summed E-state index contributed by atoms with van der Waals surface area (Å²) in [4.78, 5) is 69.2. The van der Waals surface area contributed by atoms with E-state index in [0.717, 1.165) is 35.2 Å². The van der Waals surface area contributed by atoms with Crippen LogP contribution in [0, 0.1) is 30.3 Å². The molecule has 0 spiro atoms. The second-order valence-corrected chi connectivity index (χ2v) is 8.83. The molecule has 3 aromatic carbocycles. The Morgan fingerprint density at radius 2 is 1.46 bits per heavy atom. The molecule has 1 saturated heterocycles. The molecule has 39 heavy (non-hydrogen) atoms. The number of hydrogen-bond acceptors (Lipinski definition) is 11. The van der Waals surface area contributed by atoms with Gasteiger partial charge >= 0.3 is 5.69 Å². The van der Waals surface area contributed by atoms with Gasteiger partial charge in [0.15, 0.2) is 5.78 Å². The lowest BCUT2D eigenvalue weighted by Crippen LogP contribution is -2.33. The molecule has 0 saturated carbocycles. The average Bonchev–Trinajstić information content (AvgIpc) is 3.16. The number of nitrogens with zero attached hydrogens (tertiary/aromatic N) is 4. The molecule has 1 heterocycles. The molecule has 0 unspecified atom stereocenters. The lowest BCUT2D eigenvalue weighted by molar-refractivity contribution is -0.394.